The third kappa shape index (κ3) is 4.07. The van der Waals surface area contributed by atoms with Gasteiger partial charge >= 0.3 is 11.9 Å². The third-order valence-electron chi connectivity index (χ3n) is 4.24. The van der Waals surface area contributed by atoms with Crippen molar-refractivity contribution in [2.24, 2.45) is 0 Å². The molecule has 3 rings (SSSR count). The minimum absolute atomic E-state index is 0.0428. The zero-order valence-electron chi connectivity index (χ0n) is 16.6. The Kier molecular flexibility index (Phi) is 6.23. The van der Waals surface area contributed by atoms with Crippen LogP contribution in [0.1, 0.15) is 35.6 Å². The highest BCUT2D eigenvalue weighted by Crippen LogP contribution is 2.39. The molecule has 0 aliphatic carbocycles. The number of carbonyl (C=O) groups is 2. The third-order valence-corrected chi connectivity index (χ3v) is 4.60. The fraction of sp³-hybridized carbons (Fsp3) is 0.238. The van der Waals surface area contributed by atoms with E-state index in [1.807, 2.05) is 24.3 Å². The Morgan fingerprint density at radius 1 is 1.30 bits per heavy atom. The van der Waals surface area contributed by atoms with E-state index < -0.39 is 11.9 Å². The first-order valence-electron chi connectivity index (χ1n) is 9.00. The first-order chi connectivity index (χ1) is 14.4. The number of nitriles is 1. The number of halogens is 1. The van der Waals surface area contributed by atoms with Crippen LogP contribution in [0.5, 0.6) is 11.6 Å². The fourth-order valence-electron chi connectivity index (χ4n) is 3.04. The number of fused-ring (bicyclic) bond motifs is 1. The number of hydrogen-bond acceptors (Lipinski definition) is 7. The number of rotatable bonds is 6. The van der Waals surface area contributed by atoms with Crippen molar-refractivity contribution in [3.8, 4) is 17.7 Å². The lowest BCUT2D eigenvalue weighted by molar-refractivity contribution is -0.132. The van der Waals surface area contributed by atoms with Gasteiger partial charge in [0.15, 0.2) is 11.4 Å². The molecule has 30 heavy (non-hydrogen) atoms. The van der Waals surface area contributed by atoms with E-state index in [9.17, 15) is 14.9 Å². The number of aromatic nitrogens is 2. The molecule has 3 aromatic rings. The van der Waals surface area contributed by atoms with Crippen LogP contribution in [0.4, 0.5) is 0 Å². The van der Waals surface area contributed by atoms with Gasteiger partial charge in [0.1, 0.15) is 16.8 Å². The number of carbonyl (C=O) groups excluding carboxylic acids is 2. The van der Waals surface area contributed by atoms with Gasteiger partial charge in [0.25, 0.3) is 0 Å². The van der Waals surface area contributed by atoms with Crippen LogP contribution in [0.2, 0.25) is 5.02 Å². The molecule has 0 bridgehead atoms. The van der Waals surface area contributed by atoms with Gasteiger partial charge in [0.2, 0.25) is 5.88 Å². The fourth-order valence-corrected chi connectivity index (χ4v) is 3.33. The molecule has 154 valence electrons. The molecule has 0 unspecified atom stereocenters. The number of benzene rings is 1. The lowest BCUT2D eigenvalue weighted by Crippen LogP contribution is -2.11. The largest absolute Gasteiger partial charge is 0.497 e. The minimum Gasteiger partial charge on any atom is -0.497 e. The Labute approximate surface area is 177 Å². The summed E-state index contributed by atoms with van der Waals surface area (Å²) in [5, 5.41) is 10.1. The Balaban J connectivity index is 2.26. The van der Waals surface area contributed by atoms with Crippen molar-refractivity contribution in [1.29, 1.82) is 5.26 Å². The second-order valence-corrected chi connectivity index (χ2v) is 6.61. The Bertz CT molecular complexity index is 1180. The molecular formula is C21H18ClN3O5. The molecule has 0 aliphatic rings. The van der Waals surface area contributed by atoms with Gasteiger partial charge in [-0.25, -0.2) is 9.78 Å². The maximum atomic E-state index is 12.2. The van der Waals surface area contributed by atoms with Gasteiger partial charge in [-0.2, -0.15) is 5.26 Å². The summed E-state index contributed by atoms with van der Waals surface area (Å²) in [6, 6.07) is 10.7. The summed E-state index contributed by atoms with van der Waals surface area (Å²) >= 11 is 6.50. The highest BCUT2D eigenvalue weighted by molar-refractivity contribution is 6.37. The summed E-state index contributed by atoms with van der Waals surface area (Å²) < 4.78 is 17.2. The summed E-state index contributed by atoms with van der Waals surface area (Å²) in [6.07, 6.45) is 0. The highest BCUT2D eigenvalue weighted by atomic mass is 35.5. The number of ether oxygens (including phenoxy) is 3. The summed E-state index contributed by atoms with van der Waals surface area (Å²) in [5.74, 6) is -0.557. The van der Waals surface area contributed by atoms with E-state index in [0.717, 1.165) is 5.56 Å². The van der Waals surface area contributed by atoms with Gasteiger partial charge in [-0.05, 0) is 30.7 Å². The highest BCUT2D eigenvalue weighted by Gasteiger charge is 2.25. The van der Waals surface area contributed by atoms with Crippen molar-refractivity contribution in [2.45, 2.75) is 20.4 Å². The molecular weight excluding hydrogens is 410 g/mol. The Morgan fingerprint density at radius 2 is 2.07 bits per heavy atom. The molecule has 8 nitrogen and oxygen atoms in total. The van der Waals surface area contributed by atoms with Crippen molar-refractivity contribution in [1.82, 2.24) is 9.55 Å². The average Bonchev–Trinajstić information content (AvgIpc) is 2.99. The lowest BCUT2D eigenvalue weighted by atomic mass is 10.2. The van der Waals surface area contributed by atoms with Gasteiger partial charge < -0.3 is 18.8 Å². The van der Waals surface area contributed by atoms with E-state index in [0.29, 0.717) is 16.7 Å². The van der Waals surface area contributed by atoms with E-state index in [1.165, 1.54) is 13.0 Å². The van der Waals surface area contributed by atoms with Crippen LogP contribution < -0.4 is 9.47 Å². The molecule has 0 fully saturated rings. The zero-order valence-corrected chi connectivity index (χ0v) is 17.3. The van der Waals surface area contributed by atoms with Gasteiger partial charge in [0.05, 0.1) is 25.8 Å². The number of hydrogen-bond donors (Lipinski definition) is 0. The van der Waals surface area contributed by atoms with Gasteiger partial charge in [0, 0.05) is 12.3 Å². The smallest absolute Gasteiger partial charge is 0.356 e. The molecule has 0 atom stereocenters. The van der Waals surface area contributed by atoms with Crippen molar-refractivity contribution in [3.05, 3.63) is 52.3 Å². The number of pyridine rings is 1. The van der Waals surface area contributed by atoms with Gasteiger partial charge in [-0.1, -0.05) is 23.7 Å². The van der Waals surface area contributed by atoms with E-state index >= 15 is 0 Å². The van der Waals surface area contributed by atoms with Crippen molar-refractivity contribution in [3.63, 3.8) is 0 Å². The van der Waals surface area contributed by atoms with E-state index in [-0.39, 0.29) is 35.4 Å². The van der Waals surface area contributed by atoms with Crippen LogP contribution in [-0.2, 0) is 16.1 Å². The second-order valence-electron chi connectivity index (χ2n) is 6.23. The number of nitrogens with zero attached hydrogens (tertiary/aromatic N) is 3. The molecule has 0 radical (unpaired) electrons. The van der Waals surface area contributed by atoms with Crippen LogP contribution in [-0.4, -0.2) is 35.2 Å². The second kappa shape index (κ2) is 8.84. The van der Waals surface area contributed by atoms with Crippen molar-refractivity contribution < 1.29 is 23.8 Å². The Hall–Kier alpha value is -3.57. The molecule has 2 heterocycles. The Morgan fingerprint density at radius 3 is 2.70 bits per heavy atom. The van der Waals surface area contributed by atoms with Crippen molar-refractivity contribution in [2.75, 3.05) is 13.7 Å². The first kappa shape index (κ1) is 21.1. The van der Waals surface area contributed by atoms with Crippen molar-refractivity contribution >= 4 is 34.4 Å². The molecule has 0 aliphatic heterocycles. The van der Waals surface area contributed by atoms with Crippen LogP contribution >= 0.6 is 11.6 Å². The van der Waals surface area contributed by atoms with Crippen LogP contribution in [0.3, 0.4) is 0 Å². The molecule has 2 aromatic heterocycles. The maximum Gasteiger partial charge on any atom is 0.356 e. The zero-order chi connectivity index (χ0) is 21.8. The van der Waals surface area contributed by atoms with E-state index in [1.54, 1.807) is 24.7 Å². The first-order valence-corrected chi connectivity index (χ1v) is 9.38. The predicted octanol–water partition coefficient (Wildman–Crippen LogP) is 3.72. The number of esters is 2. The molecule has 0 N–H and O–H groups in total. The SMILES string of the molecule is CCOC(=O)c1cc2c(Cl)c(OC(C)=O)n(Cc3cccc(OC)c3)c2c(C#N)n1. The lowest BCUT2D eigenvalue weighted by Gasteiger charge is -2.12. The monoisotopic (exact) mass is 427 g/mol. The van der Waals surface area contributed by atoms with Crippen LogP contribution in [0.25, 0.3) is 10.9 Å². The minimum atomic E-state index is -0.679. The molecule has 0 saturated heterocycles. The molecule has 1 aromatic carbocycles. The van der Waals surface area contributed by atoms with E-state index in [2.05, 4.69) is 4.98 Å². The standard InChI is InChI=1S/C21H18ClN3O5/c1-4-29-21(27)16-9-15-18(22)20(30-12(2)26)25(19(15)17(10-23)24-16)11-13-6-5-7-14(8-13)28-3/h5-9H,4,11H2,1-3H3. The summed E-state index contributed by atoms with van der Waals surface area (Å²) in [6.45, 7) is 3.29. The van der Waals surface area contributed by atoms with E-state index in [4.69, 9.17) is 25.8 Å². The topological polar surface area (TPSA) is 103 Å². The van der Waals surface area contributed by atoms with Crippen LogP contribution in [0, 0.1) is 11.3 Å². The molecule has 0 spiro atoms. The normalized spacial score (nSPS) is 10.5. The summed E-state index contributed by atoms with van der Waals surface area (Å²) in [5.41, 5.74) is 1.05. The van der Waals surface area contributed by atoms with Crippen LogP contribution in [0.15, 0.2) is 30.3 Å². The molecule has 0 saturated carbocycles. The summed E-state index contributed by atoms with van der Waals surface area (Å²) in [7, 11) is 1.56. The summed E-state index contributed by atoms with van der Waals surface area (Å²) in [4.78, 5) is 28.0. The predicted molar refractivity (Wildman–Crippen MR) is 109 cm³/mol. The van der Waals surface area contributed by atoms with Gasteiger partial charge in [-0.3, -0.25) is 4.79 Å². The molecule has 9 heteroatoms. The maximum absolute atomic E-state index is 12.2. The molecule has 0 amide bonds. The van der Waals surface area contributed by atoms with Gasteiger partial charge in [-0.15, -0.1) is 0 Å². The average molecular weight is 428 g/mol. The quantitative estimate of drug-likeness (QED) is 0.552. The number of methoxy groups -OCH3 is 1.